The lowest BCUT2D eigenvalue weighted by molar-refractivity contribution is -0.169. The van der Waals surface area contributed by atoms with Crippen LogP contribution in [0.15, 0.2) is 30.5 Å². The summed E-state index contributed by atoms with van der Waals surface area (Å²) in [7, 11) is 0. The van der Waals surface area contributed by atoms with Crippen LogP contribution in [-0.2, 0) is 9.47 Å². The van der Waals surface area contributed by atoms with Gasteiger partial charge in [0.25, 0.3) is 0 Å². The smallest absolute Gasteiger partial charge is 0.171 e. The summed E-state index contributed by atoms with van der Waals surface area (Å²) >= 11 is 0. The topological polar surface area (TPSA) is 34.6 Å². The zero-order valence-electron chi connectivity index (χ0n) is 11.7. The zero-order valence-corrected chi connectivity index (χ0v) is 11.7. The highest BCUT2D eigenvalue weighted by atomic mass is 19.1. The molecule has 0 aliphatic carbocycles. The molecule has 0 bridgehead atoms. The standard InChI is InChI=1S/C16H17FN2O2/c17-13-10-12-2-1-5-18-15(12)14(11-13)19-6-3-16(4-7-19)20-8-9-21-16/h1-2,5,10-11H,3-4,6-9H2. The maximum atomic E-state index is 13.8. The van der Waals surface area contributed by atoms with E-state index in [0.29, 0.717) is 13.2 Å². The molecule has 2 saturated heterocycles. The van der Waals surface area contributed by atoms with Crippen molar-refractivity contribution in [2.45, 2.75) is 18.6 Å². The SMILES string of the molecule is Fc1cc(N2CCC3(CC2)OCCO3)c2ncccc2c1. The van der Waals surface area contributed by atoms with Gasteiger partial charge in [0.15, 0.2) is 5.79 Å². The van der Waals surface area contributed by atoms with Crippen LogP contribution in [-0.4, -0.2) is 37.1 Å². The molecular weight excluding hydrogens is 271 g/mol. The predicted molar refractivity (Wildman–Crippen MR) is 77.8 cm³/mol. The van der Waals surface area contributed by atoms with E-state index in [1.165, 1.54) is 6.07 Å². The van der Waals surface area contributed by atoms with Gasteiger partial charge in [-0.25, -0.2) is 4.39 Å². The van der Waals surface area contributed by atoms with Gasteiger partial charge in [-0.3, -0.25) is 4.98 Å². The second-order valence-corrected chi connectivity index (χ2v) is 5.59. The number of ether oxygens (including phenoxy) is 2. The normalized spacial score (nSPS) is 21.3. The van der Waals surface area contributed by atoms with Gasteiger partial charge in [0.05, 0.1) is 24.4 Å². The quantitative estimate of drug-likeness (QED) is 0.808. The number of nitrogens with zero attached hydrogens (tertiary/aromatic N) is 2. The number of hydrogen-bond acceptors (Lipinski definition) is 4. The van der Waals surface area contributed by atoms with Crippen LogP contribution in [0.1, 0.15) is 12.8 Å². The Hall–Kier alpha value is -1.72. The van der Waals surface area contributed by atoms with Crippen LogP contribution >= 0.6 is 0 Å². The summed E-state index contributed by atoms with van der Waals surface area (Å²) in [5, 5.41) is 0.834. The summed E-state index contributed by atoms with van der Waals surface area (Å²) in [6.07, 6.45) is 3.36. The molecule has 1 spiro atoms. The second-order valence-electron chi connectivity index (χ2n) is 5.59. The second kappa shape index (κ2) is 4.93. The molecule has 110 valence electrons. The van der Waals surface area contributed by atoms with Gasteiger partial charge in [0.1, 0.15) is 5.82 Å². The number of fused-ring (bicyclic) bond motifs is 1. The van der Waals surface area contributed by atoms with Crippen molar-refractivity contribution >= 4 is 16.6 Å². The minimum Gasteiger partial charge on any atom is -0.369 e. The van der Waals surface area contributed by atoms with Gasteiger partial charge in [-0.15, -0.1) is 0 Å². The summed E-state index contributed by atoms with van der Waals surface area (Å²) in [4.78, 5) is 6.59. The first-order valence-electron chi connectivity index (χ1n) is 7.33. The van der Waals surface area contributed by atoms with Crippen molar-refractivity contribution in [1.82, 2.24) is 4.98 Å². The third-order valence-electron chi connectivity index (χ3n) is 4.33. The molecule has 2 aliphatic heterocycles. The van der Waals surface area contributed by atoms with Gasteiger partial charge < -0.3 is 14.4 Å². The van der Waals surface area contributed by atoms with E-state index in [9.17, 15) is 4.39 Å². The van der Waals surface area contributed by atoms with E-state index in [-0.39, 0.29) is 5.82 Å². The molecular formula is C16H17FN2O2. The van der Waals surface area contributed by atoms with Crippen molar-refractivity contribution in [2.24, 2.45) is 0 Å². The number of benzene rings is 1. The molecule has 0 atom stereocenters. The van der Waals surface area contributed by atoms with Crippen LogP contribution in [0.3, 0.4) is 0 Å². The highest BCUT2D eigenvalue weighted by molar-refractivity contribution is 5.90. The fourth-order valence-electron chi connectivity index (χ4n) is 3.25. The molecule has 0 radical (unpaired) electrons. The van der Waals surface area contributed by atoms with Crippen molar-refractivity contribution in [1.29, 1.82) is 0 Å². The molecule has 2 fully saturated rings. The van der Waals surface area contributed by atoms with E-state index >= 15 is 0 Å². The number of piperidine rings is 1. The lowest BCUT2D eigenvalue weighted by Gasteiger charge is -2.38. The van der Waals surface area contributed by atoms with Gasteiger partial charge >= 0.3 is 0 Å². The molecule has 21 heavy (non-hydrogen) atoms. The first kappa shape index (κ1) is 13.0. The molecule has 1 aromatic carbocycles. The van der Waals surface area contributed by atoms with Crippen LogP contribution in [0.2, 0.25) is 0 Å². The average molecular weight is 288 g/mol. The van der Waals surface area contributed by atoms with Crippen molar-refractivity contribution in [3.05, 3.63) is 36.3 Å². The molecule has 4 nitrogen and oxygen atoms in total. The number of hydrogen-bond donors (Lipinski definition) is 0. The molecule has 0 saturated carbocycles. The first-order valence-corrected chi connectivity index (χ1v) is 7.33. The third-order valence-corrected chi connectivity index (χ3v) is 4.33. The number of rotatable bonds is 1. The van der Waals surface area contributed by atoms with Gasteiger partial charge in [-0.1, -0.05) is 6.07 Å². The van der Waals surface area contributed by atoms with Crippen molar-refractivity contribution in [2.75, 3.05) is 31.2 Å². The van der Waals surface area contributed by atoms with E-state index in [1.54, 1.807) is 12.3 Å². The molecule has 0 N–H and O–H groups in total. The molecule has 0 amide bonds. The Bertz CT molecular complexity index is 660. The Kier molecular flexibility index (Phi) is 3.05. The lowest BCUT2D eigenvalue weighted by Crippen LogP contribution is -2.45. The van der Waals surface area contributed by atoms with Crippen molar-refractivity contribution in [3.63, 3.8) is 0 Å². The van der Waals surface area contributed by atoms with Gasteiger partial charge in [0.2, 0.25) is 0 Å². The maximum absolute atomic E-state index is 13.8. The van der Waals surface area contributed by atoms with E-state index < -0.39 is 5.79 Å². The largest absolute Gasteiger partial charge is 0.369 e. The van der Waals surface area contributed by atoms with E-state index in [0.717, 1.165) is 42.5 Å². The van der Waals surface area contributed by atoms with E-state index in [4.69, 9.17) is 9.47 Å². The summed E-state index contributed by atoms with van der Waals surface area (Å²) in [5.74, 6) is -0.633. The van der Waals surface area contributed by atoms with E-state index in [2.05, 4.69) is 9.88 Å². The molecule has 4 rings (SSSR count). The average Bonchev–Trinajstić information content (AvgIpc) is 2.95. The Balaban J connectivity index is 1.65. The van der Waals surface area contributed by atoms with Gasteiger partial charge in [-0.2, -0.15) is 0 Å². The third kappa shape index (κ3) is 2.26. The minimum atomic E-state index is -0.410. The van der Waals surface area contributed by atoms with Gasteiger partial charge in [-0.05, 0) is 18.2 Å². The fraction of sp³-hybridized carbons (Fsp3) is 0.438. The zero-order chi connectivity index (χ0) is 14.3. The first-order chi connectivity index (χ1) is 10.3. The lowest BCUT2D eigenvalue weighted by atomic mass is 10.0. The Morgan fingerprint density at radius 3 is 2.67 bits per heavy atom. The van der Waals surface area contributed by atoms with Crippen LogP contribution < -0.4 is 4.90 Å². The number of aromatic nitrogens is 1. The Morgan fingerprint density at radius 2 is 1.90 bits per heavy atom. The van der Waals surface area contributed by atoms with Crippen LogP contribution in [0.4, 0.5) is 10.1 Å². The molecule has 2 aromatic rings. The highest BCUT2D eigenvalue weighted by Crippen LogP contribution is 2.35. The number of halogens is 1. The van der Waals surface area contributed by atoms with Crippen LogP contribution in [0.25, 0.3) is 10.9 Å². The summed E-state index contributed by atoms with van der Waals surface area (Å²) < 4.78 is 25.3. The van der Waals surface area contributed by atoms with Crippen molar-refractivity contribution < 1.29 is 13.9 Å². The number of anilines is 1. The Morgan fingerprint density at radius 1 is 1.14 bits per heavy atom. The Labute approximate surface area is 122 Å². The predicted octanol–water partition coefficient (Wildman–Crippen LogP) is 2.72. The molecule has 3 heterocycles. The summed E-state index contributed by atoms with van der Waals surface area (Å²) in [6, 6.07) is 6.82. The summed E-state index contributed by atoms with van der Waals surface area (Å²) in [6.45, 7) is 2.92. The van der Waals surface area contributed by atoms with E-state index in [1.807, 2.05) is 12.1 Å². The summed E-state index contributed by atoms with van der Waals surface area (Å²) in [5.41, 5.74) is 1.71. The monoisotopic (exact) mass is 288 g/mol. The molecule has 0 unspecified atom stereocenters. The van der Waals surface area contributed by atoms with Crippen LogP contribution in [0, 0.1) is 5.82 Å². The highest BCUT2D eigenvalue weighted by Gasteiger charge is 2.40. The molecule has 2 aliphatic rings. The number of pyridine rings is 1. The maximum Gasteiger partial charge on any atom is 0.171 e. The van der Waals surface area contributed by atoms with Crippen molar-refractivity contribution in [3.8, 4) is 0 Å². The minimum absolute atomic E-state index is 0.223. The fourth-order valence-corrected chi connectivity index (χ4v) is 3.25. The van der Waals surface area contributed by atoms with Gasteiger partial charge in [0, 0.05) is 37.5 Å². The molecule has 5 heteroatoms. The molecule has 1 aromatic heterocycles. The van der Waals surface area contributed by atoms with Crippen LogP contribution in [0.5, 0.6) is 0 Å².